The van der Waals surface area contributed by atoms with Gasteiger partial charge in [0.2, 0.25) is 0 Å². The molecule has 0 N–H and O–H groups in total. The molecule has 0 radical (unpaired) electrons. The highest BCUT2D eigenvalue weighted by Crippen LogP contribution is 2.40. The van der Waals surface area contributed by atoms with Crippen LogP contribution in [-0.4, -0.2) is 51.1 Å². The lowest BCUT2D eigenvalue weighted by molar-refractivity contribution is 0.0605. The van der Waals surface area contributed by atoms with Crippen LogP contribution in [0.25, 0.3) is 0 Å². The quantitative estimate of drug-likeness (QED) is 0.528. The summed E-state index contributed by atoms with van der Waals surface area (Å²) in [5.74, 6) is 1.55. The molecule has 3 heterocycles. The molecule has 1 saturated heterocycles. The van der Waals surface area contributed by atoms with Crippen molar-refractivity contribution < 1.29 is 21.6 Å². The molecule has 1 aliphatic carbocycles. The van der Waals surface area contributed by atoms with Crippen LogP contribution in [0, 0.1) is 5.92 Å². The number of hydrogen-bond acceptors (Lipinski definition) is 7. The molecule has 1 atom stereocenters. The first-order valence-electron chi connectivity index (χ1n) is 11.2. The zero-order chi connectivity index (χ0) is 24.2. The molecule has 2 aliphatic rings. The van der Waals surface area contributed by atoms with Gasteiger partial charge in [0.15, 0.2) is 19.7 Å². The van der Waals surface area contributed by atoms with Crippen LogP contribution in [-0.2, 0) is 49.2 Å². The SMILES string of the molecule is CC(C)(C)c1nc2c(n1CC1CCOCC1)CCC(S(=O)(=O)c1sc(S(C)(=O)=O)cc1Br)C2. The Bertz CT molecular complexity index is 1250. The lowest BCUT2D eigenvalue weighted by atomic mass is 9.94. The molecular formula is C22H31BrN2O5S3. The van der Waals surface area contributed by atoms with Crippen molar-refractivity contribution in [1.29, 1.82) is 0 Å². The van der Waals surface area contributed by atoms with E-state index in [2.05, 4.69) is 41.3 Å². The third-order valence-corrected chi connectivity index (χ3v) is 13.3. The Kier molecular flexibility index (Phi) is 6.94. The van der Waals surface area contributed by atoms with Crippen LogP contribution in [0.4, 0.5) is 0 Å². The molecule has 2 aromatic heterocycles. The van der Waals surface area contributed by atoms with E-state index in [1.807, 2.05) is 0 Å². The molecule has 0 bridgehead atoms. The van der Waals surface area contributed by atoms with Crippen LogP contribution < -0.4 is 0 Å². The Morgan fingerprint density at radius 1 is 1.18 bits per heavy atom. The fourth-order valence-electron chi connectivity index (χ4n) is 4.68. The zero-order valence-electron chi connectivity index (χ0n) is 19.4. The van der Waals surface area contributed by atoms with Crippen molar-refractivity contribution in [3.63, 3.8) is 0 Å². The number of ether oxygens (including phenoxy) is 1. The average molecular weight is 580 g/mol. The molecule has 1 unspecified atom stereocenters. The maximum Gasteiger partial charge on any atom is 0.192 e. The molecule has 1 aliphatic heterocycles. The highest BCUT2D eigenvalue weighted by atomic mass is 79.9. The molecule has 2 aromatic rings. The standard InChI is InChI=1S/C22H31BrN2O5S3/c1-22(2,3)21-24-17-11-15(5-6-18(17)25(21)13-14-7-9-30-10-8-14)33(28,29)20-16(23)12-19(31-20)32(4,26)27/h12,14-15H,5-11,13H2,1-4H3. The predicted molar refractivity (Wildman–Crippen MR) is 133 cm³/mol. The number of fused-ring (bicyclic) bond motifs is 1. The van der Waals surface area contributed by atoms with Gasteiger partial charge in [0.05, 0.1) is 10.9 Å². The summed E-state index contributed by atoms with van der Waals surface area (Å²) in [6.07, 6.45) is 4.64. The summed E-state index contributed by atoms with van der Waals surface area (Å²) < 4.78 is 59.2. The van der Waals surface area contributed by atoms with Gasteiger partial charge in [-0.15, -0.1) is 11.3 Å². The number of thiophene rings is 1. The molecule has 0 saturated carbocycles. The Morgan fingerprint density at radius 2 is 1.85 bits per heavy atom. The van der Waals surface area contributed by atoms with Crippen LogP contribution in [0.5, 0.6) is 0 Å². The lowest BCUT2D eigenvalue weighted by Crippen LogP contribution is -2.30. The van der Waals surface area contributed by atoms with Crippen LogP contribution >= 0.6 is 27.3 Å². The minimum absolute atomic E-state index is 0.0557. The monoisotopic (exact) mass is 578 g/mol. The van der Waals surface area contributed by atoms with Gasteiger partial charge in [-0.05, 0) is 53.6 Å². The second kappa shape index (κ2) is 9.04. The predicted octanol–water partition coefficient (Wildman–Crippen LogP) is 4.17. The summed E-state index contributed by atoms with van der Waals surface area (Å²) in [4.78, 5) is 4.97. The molecule has 0 amide bonds. The normalized spacial score (nSPS) is 20.7. The molecule has 0 aromatic carbocycles. The number of sulfone groups is 2. The van der Waals surface area contributed by atoms with E-state index in [1.165, 1.54) is 6.07 Å². The number of nitrogens with zero attached hydrogens (tertiary/aromatic N) is 2. The number of imidazole rings is 1. The van der Waals surface area contributed by atoms with Gasteiger partial charge in [-0.3, -0.25) is 0 Å². The topological polar surface area (TPSA) is 95.3 Å². The Balaban J connectivity index is 1.66. The van der Waals surface area contributed by atoms with E-state index in [1.54, 1.807) is 0 Å². The van der Waals surface area contributed by atoms with Gasteiger partial charge in [0, 0.05) is 48.0 Å². The molecule has 33 heavy (non-hydrogen) atoms. The van der Waals surface area contributed by atoms with Gasteiger partial charge < -0.3 is 9.30 Å². The van der Waals surface area contributed by atoms with Crippen molar-refractivity contribution >= 4 is 46.9 Å². The van der Waals surface area contributed by atoms with Crippen molar-refractivity contribution in [3.8, 4) is 0 Å². The highest BCUT2D eigenvalue weighted by molar-refractivity contribution is 9.10. The first-order chi connectivity index (χ1) is 15.3. The molecule has 184 valence electrons. The Labute approximate surface area is 208 Å². The van der Waals surface area contributed by atoms with Crippen LogP contribution in [0.2, 0.25) is 0 Å². The largest absolute Gasteiger partial charge is 0.381 e. The van der Waals surface area contributed by atoms with Gasteiger partial charge in [-0.2, -0.15) is 0 Å². The molecule has 4 rings (SSSR count). The van der Waals surface area contributed by atoms with E-state index in [0.29, 0.717) is 29.7 Å². The molecule has 0 spiro atoms. The summed E-state index contributed by atoms with van der Waals surface area (Å²) in [6, 6.07) is 1.39. The van der Waals surface area contributed by atoms with Crippen molar-refractivity contribution in [2.24, 2.45) is 5.92 Å². The van der Waals surface area contributed by atoms with Crippen LogP contribution in [0.1, 0.15) is 57.2 Å². The summed E-state index contributed by atoms with van der Waals surface area (Å²) in [5, 5.41) is -0.619. The van der Waals surface area contributed by atoms with E-state index in [-0.39, 0.29) is 13.8 Å². The number of halogens is 1. The van der Waals surface area contributed by atoms with Crippen LogP contribution in [0.15, 0.2) is 19.0 Å². The van der Waals surface area contributed by atoms with Crippen molar-refractivity contribution in [2.45, 2.75) is 78.5 Å². The van der Waals surface area contributed by atoms with Gasteiger partial charge in [0.25, 0.3) is 0 Å². The molecule has 7 nitrogen and oxygen atoms in total. The first kappa shape index (κ1) is 25.3. The van der Waals surface area contributed by atoms with Gasteiger partial charge in [-0.1, -0.05) is 20.8 Å². The maximum absolute atomic E-state index is 13.5. The number of hydrogen-bond donors (Lipinski definition) is 0. The van der Waals surface area contributed by atoms with E-state index < -0.39 is 24.9 Å². The van der Waals surface area contributed by atoms with E-state index in [9.17, 15) is 16.8 Å². The second-order valence-corrected chi connectivity index (χ2v) is 16.7. The highest BCUT2D eigenvalue weighted by Gasteiger charge is 2.38. The van der Waals surface area contributed by atoms with Gasteiger partial charge >= 0.3 is 0 Å². The summed E-state index contributed by atoms with van der Waals surface area (Å²) in [6.45, 7) is 8.90. The van der Waals surface area contributed by atoms with Gasteiger partial charge in [-0.25, -0.2) is 21.8 Å². The molecular weight excluding hydrogens is 548 g/mol. The third kappa shape index (κ3) is 5.12. The van der Waals surface area contributed by atoms with E-state index >= 15 is 0 Å². The van der Waals surface area contributed by atoms with Crippen LogP contribution in [0.3, 0.4) is 0 Å². The third-order valence-electron chi connectivity index (χ3n) is 6.43. The summed E-state index contributed by atoms with van der Waals surface area (Å²) in [5.41, 5.74) is 1.86. The number of aromatic nitrogens is 2. The minimum atomic E-state index is -3.70. The molecule has 11 heteroatoms. The summed E-state index contributed by atoms with van der Waals surface area (Å²) in [7, 11) is -7.18. The number of rotatable bonds is 5. The van der Waals surface area contributed by atoms with Crippen molar-refractivity contribution in [2.75, 3.05) is 19.5 Å². The van der Waals surface area contributed by atoms with Gasteiger partial charge in [0.1, 0.15) is 14.2 Å². The van der Waals surface area contributed by atoms with E-state index in [0.717, 1.165) is 67.4 Å². The lowest BCUT2D eigenvalue weighted by Gasteiger charge is -2.28. The average Bonchev–Trinajstić information content (AvgIpc) is 3.30. The van der Waals surface area contributed by atoms with Crippen molar-refractivity contribution in [3.05, 3.63) is 27.8 Å². The fraction of sp³-hybridized carbons (Fsp3) is 0.682. The Morgan fingerprint density at radius 3 is 2.42 bits per heavy atom. The molecule has 1 fully saturated rings. The second-order valence-electron chi connectivity index (χ2n) is 10.1. The minimum Gasteiger partial charge on any atom is -0.381 e. The maximum atomic E-state index is 13.5. The zero-order valence-corrected chi connectivity index (χ0v) is 23.5. The van der Waals surface area contributed by atoms with E-state index in [4.69, 9.17) is 9.72 Å². The first-order valence-corrected chi connectivity index (χ1v) is 16.2. The smallest absolute Gasteiger partial charge is 0.192 e. The summed E-state index contributed by atoms with van der Waals surface area (Å²) >= 11 is 4.10. The van der Waals surface area contributed by atoms with Crippen molar-refractivity contribution in [1.82, 2.24) is 9.55 Å². The Hall–Kier alpha value is -0.750. The fourth-order valence-corrected chi connectivity index (χ4v) is 10.6.